The third-order valence-electron chi connectivity index (χ3n) is 5.34. The van der Waals surface area contributed by atoms with Gasteiger partial charge in [-0.05, 0) is 63.6 Å². The van der Waals surface area contributed by atoms with Gasteiger partial charge in [-0.3, -0.25) is 4.79 Å². The number of benzene rings is 1. The summed E-state index contributed by atoms with van der Waals surface area (Å²) >= 11 is 0. The van der Waals surface area contributed by atoms with Gasteiger partial charge < -0.3 is 19.5 Å². The first-order valence-corrected chi connectivity index (χ1v) is 10.2. The fraction of sp³-hybridized carbons (Fsp3) is 0.636. The third-order valence-corrected chi connectivity index (χ3v) is 5.34. The Labute approximate surface area is 167 Å². The van der Waals surface area contributed by atoms with Gasteiger partial charge in [0.2, 0.25) is 0 Å². The molecule has 1 aromatic rings. The molecule has 3 atom stereocenters. The number of anilines is 1. The second-order valence-corrected chi connectivity index (χ2v) is 7.62. The summed E-state index contributed by atoms with van der Waals surface area (Å²) in [6, 6.07) is 5.05. The molecule has 1 N–H and O–H groups in total. The summed E-state index contributed by atoms with van der Waals surface area (Å²) in [5, 5.41) is 2.94. The summed E-state index contributed by atoms with van der Waals surface area (Å²) in [5.74, 6) is 0.223. The number of carbonyl (C=O) groups excluding carboxylic acids is 2. The van der Waals surface area contributed by atoms with Crippen molar-refractivity contribution in [2.24, 2.45) is 5.92 Å². The van der Waals surface area contributed by atoms with Gasteiger partial charge in [0.25, 0.3) is 5.91 Å². The molecule has 6 nitrogen and oxygen atoms in total. The van der Waals surface area contributed by atoms with Crippen molar-refractivity contribution in [2.75, 3.05) is 19.0 Å². The first-order valence-electron chi connectivity index (χ1n) is 10.2. The normalized spacial score (nSPS) is 23.0. The summed E-state index contributed by atoms with van der Waals surface area (Å²) in [5.41, 5.74) is 0.00582. The van der Waals surface area contributed by atoms with Gasteiger partial charge in [-0.2, -0.15) is 0 Å². The fourth-order valence-electron chi connectivity index (χ4n) is 3.71. The van der Waals surface area contributed by atoms with Gasteiger partial charge in [-0.15, -0.1) is 0 Å². The summed E-state index contributed by atoms with van der Waals surface area (Å²) in [6.07, 6.45) is 4.25. The number of carbonyl (C=O) groups is 2. The summed E-state index contributed by atoms with van der Waals surface area (Å²) in [6.45, 7) is 8.48. The molecule has 0 heterocycles. The first kappa shape index (κ1) is 22.2. The highest BCUT2D eigenvalue weighted by Crippen LogP contribution is 2.36. The Hall–Kier alpha value is -2.08. The van der Waals surface area contributed by atoms with Crippen molar-refractivity contribution < 1.29 is 23.8 Å². The van der Waals surface area contributed by atoms with Crippen LogP contribution in [0.2, 0.25) is 0 Å². The zero-order valence-corrected chi connectivity index (χ0v) is 17.7. The van der Waals surface area contributed by atoms with E-state index in [0.29, 0.717) is 42.4 Å². The Kier molecular flexibility index (Phi) is 7.87. The number of nitrogens with one attached hydrogen (secondary N) is 1. The molecule has 1 amide bonds. The van der Waals surface area contributed by atoms with Gasteiger partial charge >= 0.3 is 5.97 Å². The first-order chi connectivity index (χ1) is 13.3. The van der Waals surface area contributed by atoms with E-state index in [9.17, 15) is 9.59 Å². The second-order valence-electron chi connectivity index (χ2n) is 7.62. The number of methoxy groups -OCH3 is 1. The van der Waals surface area contributed by atoms with Crippen LogP contribution in [0.1, 0.15) is 70.2 Å². The van der Waals surface area contributed by atoms with Crippen molar-refractivity contribution in [1.29, 1.82) is 0 Å². The molecule has 1 aliphatic carbocycles. The Morgan fingerprint density at radius 3 is 2.68 bits per heavy atom. The minimum atomic E-state index is -0.816. The lowest BCUT2D eigenvalue weighted by Crippen LogP contribution is -2.48. The molecule has 0 unspecified atom stereocenters. The van der Waals surface area contributed by atoms with E-state index in [1.165, 1.54) is 7.11 Å². The van der Waals surface area contributed by atoms with E-state index in [0.717, 1.165) is 19.3 Å². The molecule has 156 valence electrons. The van der Waals surface area contributed by atoms with Gasteiger partial charge in [0, 0.05) is 12.3 Å². The minimum Gasteiger partial charge on any atom is -0.490 e. The average molecular weight is 392 g/mol. The van der Waals surface area contributed by atoms with Gasteiger partial charge in [-0.1, -0.05) is 20.3 Å². The average Bonchev–Trinajstić information content (AvgIpc) is 2.68. The Balaban J connectivity index is 2.26. The fourth-order valence-corrected chi connectivity index (χ4v) is 3.71. The number of amides is 1. The smallest absolute Gasteiger partial charge is 0.341 e. The van der Waals surface area contributed by atoms with Gasteiger partial charge in [0.15, 0.2) is 0 Å². The third kappa shape index (κ3) is 5.25. The van der Waals surface area contributed by atoms with E-state index >= 15 is 0 Å². The minimum absolute atomic E-state index is 0.0335. The molecule has 28 heavy (non-hydrogen) atoms. The number of hydrogen-bond acceptors (Lipinski definition) is 5. The second kappa shape index (κ2) is 9.92. The predicted molar refractivity (Wildman–Crippen MR) is 109 cm³/mol. The lowest BCUT2D eigenvalue weighted by atomic mass is 9.78. The summed E-state index contributed by atoms with van der Waals surface area (Å²) in [7, 11) is 1.33. The number of ether oxygens (including phenoxy) is 3. The maximum atomic E-state index is 13.1. The summed E-state index contributed by atoms with van der Waals surface area (Å²) in [4.78, 5) is 25.3. The van der Waals surface area contributed by atoms with Crippen LogP contribution >= 0.6 is 0 Å². The summed E-state index contributed by atoms with van der Waals surface area (Å²) < 4.78 is 16.6. The molecule has 1 saturated carbocycles. The Morgan fingerprint density at radius 2 is 2.07 bits per heavy atom. The predicted octanol–water partition coefficient (Wildman–Crippen LogP) is 4.57. The van der Waals surface area contributed by atoms with E-state index in [2.05, 4.69) is 12.2 Å². The van der Waals surface area contributed by atoms with Gasteiger partial charge in [-0.25, -0.2) is 4.79 Å². The molecule has 0 saturated heterocycles. The number of rotatable bonds is 8. The van der Waals surface area contributed by atoms with E-state index in [-0.39, 0.29) is 12.0 Å². The molecule has 6 heteroatoms. The quantitative estimate of drug-likeness (QED) is 0.657. The topological polar surface area (TPSA) is 73.9 Å². The van der Waals surface area contributed by atoms with Crippen molar-refractivity contribution >= 4 is 17.6 Å². The highest BCUT2D eigenvalue weighted by atomic mass is 16.5. The van der Waals surface area contributed by atoms with Crippen LogP contribution in [0.3, 0.4) is 0 Å². The van der Waals surface area contributed by atoms with Crippen LogP contribution < -0.4 is 10.1 Å². The monoisotopic (exact) mass is 391 g/mol. The molecule has 0 spiro atoms. The van der Waals surface area contributed by atoms with Crippen molar-refractivity contribution in [2.45, 2.75) is 71.5 Å². The Bertz CT molecular complexity index is 686. The zero-order chi connectivity index (χ0) is 20.7. The Morgan fingerprint density at radius 1 is 1.32 bits per heavy atom. The van der Waals surface area contributed by atoms with Crippen LogP contribution in [0, 0.1) is 5.92 Å². The molecule has 1 aromatic carbocycles. The van der Waals surface area contributed by atoms with E-state index in [4.69, 9.17) is 14.2 Å². The van der Waals surface area contributed by atoms with Gasteiger partial charge in [0.1, 0.15) is 16.9 Å². The van der Waals surface area contributed by atoms with Crippen LogP contribution in [-0.4, -0.2) is 37.3 Å². The SMILES string of the molecule is CCO[C@]1(C(=O)Nc2ccc(O[C@H](C)CC)c(C(=O)OC)c2)CCC[C@H](C)C1. The van der Waals surface area contributed by atoms with Crippen LogP contribution in [0.5, 0.6) is 5.75 Å². The van der Waals surface area contributed by atoms with Crippen molar-refractivity contribution in [3.8, 4) is 5.75 Å². The van der Waals surface area contributed by atoms with Crippen molar-refractivity contribution in [3.63, 3.8) is 0 Å². The molecule has 2 rings (SSSR count). The van der Waals surface area contributed by atoms with Crippen molar-refractivity contribution in [3.05, 3.63) is 23.8 Å². The van der Waals surface area contributed by atoms with Crippen LogP contribution in [0.4, 0.5) is 5.69 Å². The molecule has 0 aliphatic heterocycles. The van der Waals surface area contributed by atoms with Crippen LogP contribution in [-0.2, 0) is 14.3 Å². The molecular formula is C22H33NO5. The molecular weight excluding hydrogens is 358 g/mol. The number of hydrogen-bond donors (Lipinski definition) is 1. The number of esters is 1. The van der Waals surface area contributed by atoms with Crippen molar-refractivity contribution in [1.82, 2.24) is 0 Å². The largest absolute Gasteiger partial charge is 0.490 e. The van der Waals surface area contributed by atoms with E-state index in [1.807, 2.05) is 20.8 Å². The van der Waals surface area contributed by atoms with Crippen LogP contribution in [0.25, 0.3) is 0 Å². The highest BCUT2D eigenvalue weighted by Gasteiger charge is 2.42. The molecule has 1 aliphatic rings. The van der Waals surface area contributed by atoms with E-state index in [1.54, 1.807) is 18.2 Å². The van der Waals surface area contributed by atoms with E-state index < -0.39 is 11.6 Å². The molecule has 1 fully saturated rings. The zero-order valence-electron chi connectivity index (χ0n) is 17.7. The molecule has 0 bridgehead atoms. The highest BCUT2D eigenvalue weighted by molar-refractivity contribution is 5.99. The molecule has 0 radical (unpaired) electrons. The standard InChI is InChI=1S/C22H33NO5/c1-6-16(4)28-19-11-10-17(13-18(19)20(24)26-5)23-21(25)22(27-7-2)12-8-9-15(3)14-22/h10-11,13,15-16H,6-9,12,14H2,1-5H3,(H,23,25)/t15-,16+,22+/m0/s1. The maximum absolute atomic E-state index is 13.1. The molecule has 0 aromatic heterocycles. The lowest BCUT2D eigenvalue weighted by molar-refractivity contribution is -0.147. The van der Waals surface area contributed by atoms with Crippen LogP contribution in [0.15, 0.2) is 18.2 Å². The maximum Gasteiger partial charge on any atom is 0.341 e. The lowest BCUT2D eigenvalue weighted by Gasteiger charge is -2.38. The van der Waals surface area contributed by atoms with Gasteiger partial charge in [0.05, 0.1) is 13.2 Å².